The molecule has 2 N–H and O–H groups in total. The SMILES string of the molecule is C#CCO[C@H](C)[C@H](N)C(=O)N1CCC[C@H]1Cn1nnnc1Sc1ccccc1. The molecular formula is C19H24N6O2S. The van der Waals surface area contributed by atoms with Crippen LogP contribution in [0.1, 0.15) is 19.8 Å². The number of terminal acetylenes is 1. The fourth-order valence-electron chi connectivity index (χ4n) is 3.17. The summed E-state index contributed by atoms with van der Waals surface area (Å²) in [5.74, 6) is 2.27. The maximum atomic E-state index is 12.9. The molecule has 0 unspecified atom stereocenters. The molecular weight excluding hydrogens is 376 g/mol. The van der Waals surface area contributed by atoms with Crippen LogP contribution in [0.5, 0.6) is 0 Å². The predicted octanol–water partition coefficient (Wildman–Crippen LogP) is 1.18. The number of carbonyl (C=O) groups is 1. The molecule has 2 heterocycles. The van der Waals surface area contributed by atoms with Gasteiger partial charge in [-0.05, 0) is 54.1 Å². The maximum absolute atomic E-state index is 12.9. The van der Waals surface area contributed by atoms with Crippen molar-refractivity contribution >= 4 is 17.7 Å². The monoisotopic (exact) mass is 400 g/mol. The van der Waals surface area contributed by atoms with Crippen LogP contribution in [0.4, 0.5) is 0 Å². The normalized spacial score (nSPS) is 18.6. The molecule has 1 aliphatic rings. The van der Waals surface area contributed by atoms with Crippen molar-refractivity contribution in [2.75, 3.05) is 13.2 Å². The second-order valence-electron chi connectivity index (χ2n) is 6.63. The lowest BCUT2D eigenvalue weighted by molar-refractivity contribution is -0.136. The van der Waals surface area contributed by atoms with Crippen LogP contribution in [0.25, 0.3) is 0 Å². The number of benzene rings is 1. The molecule has 1 saturated heterocycles. The van der Waals surface area contributed by atoms with E-state index in [4.69, 9.17) is 16.9 Å². The van der Waals surface area contributed by atoms with Crippen molar-refractivity contribution < 1.29 is 9.53 Å². The highest BCUT2D eigenvalue weighted by molar-refractivity contribution is 7.99. The van der Waals surface area contributed by atoms with Crippen LogP contribution >= 0.6 is 11.8 Å². The minimum Gasteiger partial charge on any atom is -0.364 e. The van der Waals surface area contributed by atoms with Crippen molar-refractivity contribution in [1.29, 1.82) is 0 Å². The molecule has 9 heteroatoms. The zero-order valence-corrected chi connectivity index (χ0v) is 16.6. The van der Waals surface area contributed by atoms with Gasteiger partial charge in [0, 0.05) is 11.4 Å². The van der Waals surface area contributed by atoms with E-state index < -0.39 is 12.1 Å². The number of amides is 1. The van der Waals surface area contributed by atoms with E-state index >= 15 is 0 Å². The first-order valence-corrected chi connectivity index (χ1v) is 10.0. The van der Waals surface area contributed by atoms with Gasteiger partial charge in [0.15, 0.2) is 0 Å². The smallest absolute Gasteiger partial charge is 0.242 e. The van der Waals surface area contributed by atoms with Crippen molar-refractivity contribution in [3.05, 3.63) is 30.3 Å². The van der Waals surface area contributed by atoms with Crippen molar-refractivity contribution in [3.8, 4) is 12.3 Å². The fourth-order valence-corrected chi connectivity index (χ4v) is 3.97. The van der Waals surface area contributed by atoms with Crippen molar-refractivity contribution in [2.24, 2.45) is 5.73 Å². The summed E-state index contributed by atoms with van der Waals surface area (Å²) < 4.78 is 7.16. The van der Waals surface area contributed by atoms with Crippen LogP contribution in [0.15, 0.2) is 40.4 Å². The Hall–Kier alpha value is -2.41. The molecule has 3 atom stereocenters. The second-order valence-corrected chi connectivity index (χ2v) is 7.67. The maximum Gasteiger partial charge on any atom is 0.242 e. The molecule has 0 radical (unpaired) electrons. The lowest BCUT2D eigenvalue weighted by Gasteiger charge is -2.29. The van der Waals surface area contributed by atoms with Crippen LogP contribution in [0, 0.1) is 12.3 Å². The van der Waals surface area contributed by atoms with Gasteiger partial charge in [0.05, 0.1) is 18.7 Å². The molecule has 1 aliphatic heterocycles. The number of hydrogen-bond donors (Lipinski definition) is 1. The molecule has 0 saturated carbocycles. The molecule has 3 rings (SSSR count). The van der Waals surface area contributed by atoms with Gasteiger partial charge >= 0.3 is 0 Å². The Morgan fingerprint density at radius 3 is 3.00 bits per heavy atom. The Labute approximate surface area is 168 Å². The molecule has 0 bridgehead atoms. The Morgan fingerprint density at radius 2 is 2.25 bits per heavy atom. The summed E-state index contributed by atoms with van der Waals surface area (Å²) in [6.07, 6.45) is 6.57. The number of hydrogen-bond acceptors (Lipinski definition) is 7. The number of ether oxygens (including phenoxy) is 1. The van der Waals surface area contributed by atoms with E-state index in [2.05, 4.69) is 21.4 Å². The Bertz CT molecular complexity index is 821. The third-order valence-electron chi connectivity index (χ3n) is 4.72. The molecule has 0 spiro atoms. The summed E-state index contributed by atoms with van der Waals surface area (Å²) in [6.45, 7) is 3.10. The number of likely N-dealkylation sites (tertiary alicyclic amines) is 1. The van der Waals surface area contributed by atoms with Gasteiger partial charge in [0.2, 0.25) is 11.1 Å². The van der Waals surface area contributed by atoms with Gasteiger partial charge in [-0.25, -0.2) is 4.68 Å². The van der Waals surface area contributed by atoms with E-state index in [1.54, 1.807) is 11.6 Å². The van der Waals surface area contributed by atoms with E-state index in [1.807, 2.05) is 35.2 Å². The summed E-state index contributed by atoms with van der Waals surface area (Å²) >= 11 is 1.49. The Balaban J connectivity index is 1.65. The quantitative estimate of drug-likeness (QED) is 0.664. The first-order chi connectivity index (χ1) is 13.6. The molecule has 148 valence electrons. The highest BCUT2D eigenvalue weighted by Crippen LogP contribution is 2.26. The molecule has 1 fully saturated rings. The van der Waals surface area contributed by atoms with Crippen molar-refractivity contribution in [3.63, 3.8) is 0 Å². The largest absolute Gasteiger partial charge is 0.364 e. The molecule has 8 nitrogen and oxygen atoms in total. The Morgan fingerprint density at radius 1 is 1.46 bits per heavy atom. The summed E-state index contributed by atoms with van der Waals surface area (Å²) in [5.41, 5.74) is 6.11. The zero-order valence-electron chi connectivity index (χ0n) is 15.8. The van der Waals surface area contributed by atoms with Crippen LogP contribution < -0.4 is 5.73 Å². The lowest BCUT2D eigenvalue weighted by Crippen LogP contribution is -2.52. The van der Waals surface area contributed by atoms with Gasteiger partial charge in [0.1, 0.15) is 12.6 Å². The van der Waals surface area contributed by atoms with E-state index in [-0.39, 0.29) is 18.6 Å². The number of tetrazole rings is 1. The summed E-state index contributed by atoms with van der Waals surface area (Å²) in [6, 6.07) is 9.17. The second kappa shape index (κ2) is 9.68. The average molecular weight is 401 g/mol. The highest BCUT2D eigenvalue weighted by atomic mass is 32.2. The average Bonchev–Trinajstić information content (AvgIpc) is 3.35. The van der Waals surface area contributed by atoms with Gasteiger partial charge in [-0.15, -0.1) is 11.5 Å². The molecule has 2 aromatic rings. The van der Waals surface area contributed by atoms with Gasteiger partial charge in [-0.3, -0.25) is 4.79 Å². The Kier molecular flexibility index (Phi) is 7.03. The molecule has 0 aliphatic carbocycles. The highest BCUT2D eigenvalue weighted by Gasteiger charge is 2.34. The van der Waals surface area contributed by atoms with Gasteiger partial charge < -0.3 is 15.4 Å². The molecule has 28 heavy (non-hydrogen) atoms. The number of nitrogens with two attached hydrogens (primary N) is 1. The number of rotatable bonds is 8. The van der Waals surface area contributed by atoms with Crippen LogP contribution in [0.3, 0.4) is 0 Å². The summed E-state index contributed by atoms with van der Waals surface area (Å²) in [7, 11) is 0. The van der Waals surface area contributed by atoms with Crippen LogP contribution in [0.2, 0.25) is 0 Å². The van der Waals surface area contributed by atoms with Crippen LogP contribution in [-0.2, 0) is 16.1 Å². The minimum absolute atomic E-state index is 0.00277. The van der Waals surface area contributed by atoms with Gasteiger partial charge in [-0.2, -0.15) is 0 Å². The van der Waals surface area contributed by atoms with E-state index in [1.165, 1.54) is 11.8 Å². The number of nitrogens with zero attached hydrogens (tertiary/aromatic N) is 5. The first-order valence-electron chi connectivity index (χ1n) is 9.20. The number of aromatic nitrogens is 4. The first kappa shape index (κ1) is 20.3. The topological polar surface area (TPSA) is 99.2 Å². The molecule has 1 aromatic carbocycles. The van der Waals surface area contributed by atoms with Crippen molar-refractivity contribution in [1.82, 2.24) is 25.1 Å². The summed E-state index contributed by atoms with van der Waals surface area (Å²) in [5, 5.41) is 12.7. The van der Waals surface area contributed by atoms with E-state index in [9.17, 15) is 4.79 Å². The standard InChI is InChI=1S/C19H24N6O2S/c1-3-12-27-14(2)17(20)18(26)24-11-7-8-15(24)13-25-19(21-22-23-25)28-16-9-5-4-6-10-16/h1,4-6,9-10,14-15,17H,7-8,11-13,20H2,2H3/t14-,15+,17+/m1/s1. The van der Waals surface area contributed by atoms with Crippen LogP contribution in [-0.4, -0.2) is 62.4 Å². The minimum atomic E-state index is -0.749. The van der Waals surface area contributed by atoms with Gasteiger partial charge in [-0.1, -0.05) is 24.1 Å². The predicted molar refractivity (Wildman–Crippen MR) is 105 cm³/mol. The summed E-state index contributed by atoms with van der Waals surface area (Å²) in [4.78, 5) is 15.7. The van der Waals surface area contributed by atoms with Gasteiger partial charge in [0.25, 0.3) is 0 Å². The van der Waals surface area contributed by atoms with Crippen molar-refractivity contribution in [2.45, 2.75) is 54.5 Å². The third kappa shape index (κ3) is 4.90. The third-order valence-corrected chi connectivity index (χ3v) is 5.70. The zero-order chi connectivity index (χ0) is 19.9. The van der Waals surface area contributed by atoms with E-state index in [0.29, 0.717) is 18.2 Å². The molecule has 1 aromatic heterocycles. The lowest BCUT2D eigenvalue weighted by atomic mass is 10.1. The van der Waals surface area contributed by atoms with E-state index in [0.717, 1.165) is 17.7 Å². The molecule has 1 amide bonds. The number of carbonyl (C=O) groups excluding carboxylic acids is 1. The fraction of sp³-hybridized carbons (Fsp3) is 0.474.